The number of nitrogens with one attached hydrogen (secondary N) is 1. The summed E-state index contributed by atoms with van der Waals surface area (Å²) in [5.74, 6) is 1.39. The largest absolute Gasteiger partial charge is 0.381 e. The Morgan fingerprint density at radius 1 is 1.40 bits per heavy atom. The van der Waals surface area contributed by atoms with E-state index in [1.165, 1.54) is 23.3 Å². The molecule has 1 N–H and O–H groups in total. The van der Waals surface area contributed by atoms with Gasteiger partial charge < -0.3 is 10.1 Å². The molecule has 1 aliphatic rings. The number of carbonyl (C=O) groups excluding carboxylic acids is 1. The van der Waals surface area contributed by atoms with E-state index in [2.05, 4.69) is 24.4 Å². The van der Waals surface area contributed by atoms with Crippen molar-refractivity contribution in [3.05, 3.63) is 29.8 Å². The van der Waals surface area contributed by atoms with Gasteiger partial charge in [0.15, 0.2) is 0 Å². The zero-order valence-corrected chi connectivity index (χ0v) is 12.9. The molecule has 0 heterocycles. The van der Waals surface area contributed by atoms with Gasteiger partial charge in [0.25, 0.3) is 0 Å². The molecule has 1 amide bonds. The molecule has 0 spiro atoms. The molecule has 0 aromatic heterocycles. The smallest absolute Gasteiger partial charge is 0.230 e. The van der Waals surface area contributed by atoms with Crippen molar-refractivity contribution in [2.45, 2.75) is 31.1 Å². The number of rotatable bonds is 9. The zero-order valence-electron chi connectivity index (χ0n) is 12.1. The number of hydrogen-bond donors (Lipinski definition) is 1. The lowest BCUT2D eigenvalue weighted by molar-refractivity contribution is -0.118. The van der Waals surface area contributed by atoms with Crippen molar-refractivity contribution in [1.29, 1.82) is 0 Å². The molecule has 3 nitrogen and oxygen atoms in total. The molecule has 110 valence electrons. The molecule has 0 bridgehead atoms. The molecule has 1 fully saturated rings. The standard InChI is InChI=1S/C16H23NO2S/c1-13-5-2-3-6-15(13)20-12-16(18)17-9-4-10-19-11-14-7-8-14/h2-3,5-6,14H,4,7-12H2,1H3,(H,17,18). The Bertz CT molecular complexity index is 432. The zero-order chi connectivity index (χ0) is 14.2. The van der Waals surface area contributed by atoms with Crippen LogP contribution in [0, 0.1) is 12.8 Å². The topological polar surface area (TPSA) is 38.3 Å². The summed E-state index contributed by atoms with van der Waals surface area (Å²) in [7, 11) is 0. The average molecular weight is 293 g/mol. The van der Waals surface area contributed by atoms with Gasteiger partial charge in [-0.05, 0) is 43.7 Å². The van der Waals surface area contributed by atoms with Crippen LogP contribution in [-0.2, 0) is 9.53 Å². The number of thioether (sulfide) groups is 1. The van der Waals surface area contributed by atoms with Crippen molar-refractivity contribution in [3.8, 4) is 0 Å². The fourth-order valence-corrected chi connectivity index (χ4v) is 2.71. The summed E-state index contributed by atoms with van der Waals surface area (Å²) in [6.45, 7) is 4.42. The van der Waals surface area contributed by atoms with Crippen molar-refractivity contribution in [3.63, 3.8) is 0 Å². The third kappa shape index (κ3) is 5.97. The minimum Gasteiger partial charge on any atom is -0.381 e. The average Bonchev–Trinajstić information content (AvgIpc) is 3.26. The molecule has 0 radical (unpaired) electrons. The molecule has 0 unspecified atom stereocenters. The third-order valence-corrected chi connectivity index (χ3v) is 4.47. The lowest BCUT2D eigenvalue weighted by atomic mass is 10.2. The lowest BCUT2D eigenvalue weighted by Crippen LogP contribution is -2.27. The Morgan fingerprint density at radius 3 is 2.95 bits per heavy atom. The molecule has 2 rings (SSSR count). The van der Waals surface area contributed by atoms with Crippen LogP contribution in [0.15, 0.2) is 29.2 Å². The number of amides is 1. The second-order valence-corrected chi connectivity index (χ2v) is 6.29. The van der Waals surface area contributed by atoms with E-state index in [0.717, 1.165) is 25.6 Å². The van der Waals surface area contributed by atoms with Crippen molar-refractivity contribution in [2.24, 2.45) is 5.92 Å². The van der Waals surface area contributed by atoms with Crippen molar-refractivity contribution >= 4 is 17.7 Å². The van der Waals surface area contributed by atoms with Gasteiger partial charge in [0.05, 0.1) is 5.75 Å². The Balaban J connectivity index is 1.50. The highest BCUT2D eigenvalue weighted by atomic mass is 32.2. The molecule has 20 heavy (non-hydrogen) atoms. The van der Waals surface area contributed by atoms with Gasteiger partial charge in [-0.3, -0.25) is 4.79 Å². The highest BCUT2D eigenvalue weighted by molar-refractivity contribution is 8.00. The van der Waals surface area contributed by atoms with Gasteiger partial charge in [0.2, 0.25) is 5.91 Å². The molecule has 1 aromatic rings. The van der Waals surface area contributed by atoms with Crippen LogP contribution in [0.1, 0.15) is 24.8 Å². The summed E-state index contributed by atoms with van der Waals surface area (Å²) in [4.78, 5) is 12.9. The van der Waals surface area contributed by atoms with Crippen LogP contribution in [0.25, 0.3) is 0 Å². The van der Waals surface area contributed by atoms with Crippen LogP contribution in [0.2, 0.25) is 0 Å². The molecule has 4 heteroatoms. The number of ether oxygens (including phenoxy) is 1. The molecular formula is C16H23NO2S. The first-order valence-corrected chi connectivity index (χ1v) is 8.27. The van der Waals surface area contributed by atoms with E-state index in [9.17, 15) is 4.79 Å². The Morgan fingerprint density at radius 2 is 2.20 bits per heavy atom. The number of hydrogen-bond acceptors (Lipinski definition) is 3. The van der Waals surface area contributed by atoms with E-state index in [0.29, 0.717) is 12.3 Å². The summed E-state index contributed by atoms with van der Waals surface area (Å²) < 4.78 is 5.53. The van der Waals surface area contributed by atoms with Crippen LogP contribution >= 0.6 is 11.8 Å². The maximum absolute atomic E-state index is 11.7. The quantitative estimate of drug-likeness (QED) is 0.562. The van der Waals surface area contributed by atoms with Crippen LogP contribution in [0.4, 0.5) is 0 Å². The van der Waals surface area contributed by atoms with Gasteiger partial charge in [0.1, 0.15) is 0 Å². The maximum atomic E-state index is 11.7. The van der Waals surface area contributed by atoms with E-state index in [1.807, 2.05) is 12.1 Å². The third-order valence-electron chi connectivity index (χ3n) is 3.29. The van der Waals surface area contributed by atoms with E-state index in [4.69, 9.17) is 4.74 Å². The minimum absolute atomic E-state index is 0.0976. The second-order valence-electron chi connectivity index (χ2n) is 5.28. The van der Waals surface area contributed by atoms with Gasteiger partial charge in [0, 0.05) is 24.7 Å². The number of benzene rings is 1. The van der Waals surface area contributed by atoms with Crippen LogP contribution < -0.4 is 5.32 Å². The fourth-order valence-electron chi connectivity index (χ4n) is 1.85. The van der Waals surface area contributed by atoms with Gasteiger partial charge in [-0.25, -0.2) is 0 Å². The summed E-state index contributed by atoms with van der Waals surface area (Å²) in [5, 5.41) is 2.94. The highest BCUT2D eigenvalue weighted by Gasteiger charge is 2.20. The summed E-state index contributed by atoms with van der Waals surface area (Å²) >= 11 is 1.59. The predicted octanol–water partition coefficient (Wildman–Crippen LogP) is 3.02. The first kappa shape index (κ1) is 15.4. The monoisotopic (exact) mass is 293 g/mol. The first-order chi connectivity index (χ1) is 9.75. The molecule has 1 aliphatic carbocycles. The summed E-state index contributed by atoms with van der Waals surface area (Å²) in [6, 6.07) is 8.14. The second kappa shape index (κ2) is 8.32. The molecule has 0 aliphatic heterocycles. The minimum atomic E-state index is 0.0976. The SMILES string of the molecule is Cc1ccccc1SCC(=O)NCCCOCC1CC1. The maximum Gasteiger partial charge on any atom is 0.230 e. The first-order valence-electron chi connectivity index (χ1n) is 7.28. The number of aryl methyl sites for hydroxylation is 1. The van der Waals surface area contributed by atoms with Crippen molar-refractivity contribution in [1.82, 2.24) is 5.32 Å². The lowest BCUT2D eigenvalue weighted by Gasteiger charge is -2.07. The van der Waals surface area contributed by atoms with E-state index < -0.39 is 0 Å². The van der Waals surface area contributed by atoms with Gasteiger partial charge in [-0.15, -0.1) is 11.8 Å². The van der Waals surface area contributed by atoms with Crippen LogP contribution in [-0.4, -0.2) is 31.4 Å². The Labute approximate surface area is 125 Å². The molecule has 0 saturated heterocycles. The molecule has 1 saturated carbocycles. The molecule has 1 aromatic carbocycles. The summed E-state index contributed by atoms with van der Waals surface area (Å²) in [5.41, 5.74) is 1.22. The van der Waals surface area contributed by atoms with Gasteiger partial charge in [-0.1, -0.05) is 18.2 Å². The van der Waals surface area contributed by atoms with E-state index >= 15 is 0 Å². The predicted molar refractivity (Wildman–Crippen MR) is 83.1 cm³/mol. The van der Waals surface area contributed by atoms with Crippen LogP contribution in [0.3, 0.4) is 0 Å². The van der Waals surface area contributed by atoms with Crippen molar-refractivity contribution < 1.29 is 9.53 Å². The fraction of sp³-hybridized carbons (Fsp3) is 0.562. The number of carbonyl (C=O) groups is 1. The molecule has 0 atom stereocenters. The summed E-state index contributed by atoms with van der Waals surface area (Å²) in [6.07, 6.45) is 3.55. The Hall–Kier alpha value is -1.00. The highest BCUT2D eigenvalue weighted by Crippen LogP contribution is 2.28. The molecular weight excluding hydrogens is 270 g/mol. The van der Waals surface area contributed by atoms with E-state index in [1.54, 1.807) is 11.8 Å². The van der Waals surface area contributed by atoms with Crippen LogP contribution in [0.5, 0.6) is 0 Å². The van der Waals surface area contributed by atoms with Crippen molar-refractivity contribution in [2.75, 3.05) is 25.5 Å². The Kier molecular flexibility index (Phi) is 6.40. The van der Waals surface area contributed by atoms with Gasteiger partial charge >= 0.3 is 0 Å². The van der Waals surface area contributed by atoms with E-state index in [-0.39, 0.29) is 5.91 Å². The normalized spacial score (nSPS) is 14.2. The van der Waals surface area contributed by atoms with Gasteiger partial charge in [-0.2, -0.15) is 0 Å².